The van der Waals surface area contributed by atoms with Gasteiger partial charge in [0, 0.05) is 33.7 Å². The first-order chi connectivity index (χ1) is 10.4. The molecular weight excluding hydrogens is 300 g/mol. The Balaban J connectivity index is 2.25. The third-order valence-electron chi connectivity index (χ3n) is 4.80. The number of nitrogens with zero attached hydrogens (tertiary/aromatic N) is 2. The highest BCUT2D eigenvalue weighted by Crippen LogP contribution is 2.42. The van der Waals surface area contributed by atoms with Crippen LogP contribution in [0.5, 0.6) is 0 Å². The van der Waals surface area contributed by atoms with Crippen molar-refractivity contribution in [3.05, 3.63) is 0 Å². The van der Waals surface area contributed by atoms with E-state index >= 15 is 0 Å². The van der Waals surface area contributed by atoms with Gasteiger partial charge in [0.15, 0.2) is 5.96 Å². The topological polar surface area (TPSA) is 73.8 Å². The summed E-state index contributed by atoms with van der Waals surface area (Å²) in [5, 5.41) is 6.66. The fraction of sp³-hybridized carbons (Fsp3) is 0.933. The smallest absolute Gasteiger partial charge is 0.213 e. The molecule has 0 radical (unpaired) electrons. The summed E-state index contributed by atoms with van der Waals surface area (Å²) in [5.74, 6) is 0.958. The predicted molar refractivity (Wildman–Crippen MR) is 92.6 cm³/mol. The Labute approximate surface area is 135 Å². The Kier molecular flexibility index (Phi) is 7.62. The molecule has 22 heavy (non-hydrogen) atoms. The highest BCUT2D eigenvalue weighted by molar-refractivity contribution is 7.89. The molecule has 0 heterocycles. The van der Waals surface area contributed by atoms with E-state index in [1.807, 2.05) is 0 Å². The van der Waals surface area contributed by atoms with Crippen molar-refractivity contribution in [1.82, 2.24) is 14.9 Å². The van der Waals surface area contributed by atoms with Gasteiger partial charge in [0.1, 0.15) is 0 Å². The fourth-order valence-corrected chi connectivity index (χ4v) is 3.54. The van der Waals surface area contributed by atoms with Gasteiger partial charge in [-0.2, -0.15) is 0 Å². The van der Waals surface area contributed by atoms with Crippen LogP contribution < -0.4 is 10.6 Å². The van der Waals surface area contributed by atoms with E-state index < -0.39 is 10.0 Å². The van der Waals surface area contributed by atoms with Crippen LogP contribution in [0, 0.1) is 5.41 Å². The number of hydrogen-bond acceptors (Lipinski definition) is 3. The zero-order chi connectivity index (χ0) is 16.6. The van der Waals surface area contributed by atoms with Gasteiger partial charge in [-0.1, -0.05) is 13.3 Å². The van der Waals surface area contributed by atoms with E-state index in [0.29, 0.717) is 18.5 Å². The lowest BCUT2D eigenvalue weighted by Crippen LogP contribution is -2.46. The van der Waals surface area contributed by atoms with Crippen LogP contribution in [0.15, 0.2) is 4.99 Å². The first kappa shape index (κ1) is 19.2. The highest BCUT2D eigenvalue weighted by atomic mass is 32.2. The maximum atomic E-state index is 11.6. The van der Waals surface area contributed by atoms with Crippen LogP contribution in [0.2, 0.25) is 0 Å². The molecule has 0 unspecified atom stereocenters. The van der Waals surface area contributed by atoms with Gasteiger partial charge in [0.2, 0.25) is 10.0 Å². The van der Waals surface area contributed by atoms with Crippen LogP contribution in [0.3, 0.4) is 0 Å². The summed E-state index contributed by atoms with van der Waals surface area (Å²) in [5.41, 5.74) is 0.451. The second kappa shape index (κ2) is 8.72. The van der Waals surface area contributed by atoms with Gasteiger partial charge in [0.05, 0.1) is 5.75 Å². The van der Waals surface area contributed by atoms with Crippen molar-refractivity contribution in [2.45, 2.75) is 46.0 Å². The summed E-state index contributed by atoms with van der Waals surface area (Å²) >= 11 is 0. The summed E-state index contributed by atoms with van der Waals surface area (Å²) in [6, 6.07) is 0. The minimum Gasteiger partial charge on any atom is -0.356 e. The largest absolute Gasteiger partial charge is 0.356 e. The number of nitrogens with one attached hydrogen (secondary N) is 2. The van der Waals surface area contributed by atoms with Crippen molar-refractivity contribution in [2.24, 2.45) is 10.4 Å². The molecule has 2 N–H and O–H groups in total. The zero-order valence-corrected chi connectivity index (χ0v) is 15.3. The van der Waals surface area contributed by atoms with Crippen LogP contribution in [-0.2, 0) is 10.0 Å². The van der Waals surface area contributed by atoms with Crippen LogP contribution in [0.4, 0.5) is 0 Å². The number of guanidine groups is 1. The first-order valence-corrected chi connectivity index (χ1v) is 9.88. The molecule has 0 amide bonds. The second-order valence-corrected chi connectivity index (χ2v) is 8.50. The van der Waals surface area contributed by atoms with E-state index in [9.17, 15) is 8.42 Å². The maximum Gasteiger partial charge on any atom is 0.213 e. The molecule has 1 rings (SSSR count). The number of rotatable bonds is 9. The van der Waals surface area contributed by atoms with Crippen molar-refractivity contribution in [3.63, 3.8) is 0 Å². The molecule has 6 nitrogen and oxygen atoms in total. The van der Waals surface area contributed by atoms with E-state index in [2.05, 4.69) is 22.5 Å². The van der Waals surface area contributed by atoms with Crippen molar-refractivity contribution in [1.29, 1.82) is 0 Å². The summed E-state index contributed by atoms with van der Waals surface area (Å²) in [7, 11) is 0.325. The lowest BCUT2D eigenvalue weighted by Gasteiger charge is -2.41. The molecule has 1 aliphatic rings. The quantitative estimate of drug-likeness (QED) is 0.380. The fourth-order valence-electron chi connectivity index (χ4n) is 2.69. The van der Waals surface area contributed by atoms with Gasteiger partial charge in [-0.25, -0.2) is 12.7 Å². The maximum absolute atomic E-state index is 11.6. The lowest BCUT2D eigenvalue weighted by atomic mass is 9.67. The molecular formula is C15H32N4O2S. The van der Waals surface area contributed by atoms with Crippen LogP contribution in [-0.4, -0.2) is 58.2 Å². The Hall–Kier alpha value is -0.820. The predicted octanol–water partition coefficient (Wildman–Crippen LogP) is 1.40. The standard InChI is InChI=1S/C15H32N4O2S/c1-5-15(9-7-10-15)13-18-14(16-3)17-11-8-12-19(4)22(20,21)6-2/h5-13H2,1-4H3,(H2,16,17,18). The molecule has 0 bridgehead atoms. The lowest BCUT2D eigenvalue weighted by molar-refractivity contribution is 0.131. The third-order valence-corrected chi connectivity index (χ3v) is 6.66. The SMILES string of the molecule is CCC1(CNC(=NC)NCCCN(C)S(=O)(=O)CC)CCC1. The molecule has 0 saturated heterocycles. The van der Waals surface area contributed by atoms with Crippen molar-refractivity contribution >= 4 is 16.0 Å². The third kappa shape index (κ3) is 5.43. The molecule has 0 spiro atoms. The number of sulfonamides is 1. The van der Waals surface area contributed by atoms with E-state index in [0.717, 1.165) is 18.9 Å². The molecule has 0 aromatic carbocycles. The van der Waals surface area contributed by atoms with Gasteiger partial charge in [-0.3, -0.25) is 4.99 Å². The van der Waals surface area contributed by atoms with Crippen molar-refractivity contribution in [2.75, 3.05) is 39.5 Å². The molecule has 7 heteroatoms. The Morgan fingerprint density at radius 1 is 1.27 bits per heavy atom. The van der Waals surface area contributed by atoms with Crippen LogP contribution in [0.25, 0.3) is 0 Å². The Bertz CT molecular complexity index is 453. The van der Waals surface area contributed by atoms with Gasteiger partial charge in [-0.05, 0) is 38.0 Å². The molecule has 0 aromatic rings. The first-order valence-electron chi connectivity index (χ1n) is 8.27. The van der Waals surface area contributed by atoms with Crippen molar-refractivity contribution in [3.8, 4) is 0 Å². The minimum absolute atomic E-state index is 0.152. The van der Waals surface area contributed by atoms with E-state index in [-0.39, 0.29) is 5.75 Å². The summed E-state index contributed by atoms with van der Waals surface area (Å²) in [4.78, 5) is 4.23. The van der Waals surface area contributed by atoms with Gasteiger partial charge in [0.25, 0.3) is 0 Å². The minimum atomic E-state index is -3.07. The zero-order valence-electron chi connectivity index (χ0n) is 14.5. The second-order valence-electron chi connectivity index (χ2n) is 6.14. The normalized spacial score (nSPS) is 18.1. The van der Waals surface area contributed by atoms with Gasteiger partial charge in [-0.15, -0.1) is 0 Å². The molecule has 130 valence electrons. The summed E-state index contributed by atoms with van der Waals surface area (Å²) in [6.45, 7) is 6.12. The van der Waals surface area contributed by atoms with Gasteiger partial charge >= 0.3 is 0 Å². The Morgan fingerprint density at radius 3 is 2.41 bits per heavy atom. The average Bonchev–Trinajstić information content (AvgIpc) is 2.48. The van der Waals surface area contributed by atoms with Crippen molar-refractivity contribution < 1.29 is 8.42 Å². The summed E-state index contributed by atoms with van der Waals surface area (Å²) in [6.07, 6.45) is 5.89. The van der Waals surface area contributed by atoms with E-state index in [1.54, 1.807) is 21.0 Å². The molecule has 0 atom stereocenters. The number of hydrogen-bond donors (Lipinski definition) is 2. The molecule has 1 fully saturated rings. The van der Waals surface area contributed by atoms with E-state index in [1.165, 1.54) is 30.0 Å². The molecule has 0 aromatic heterocycles. The Morgan fingerprint density at radius 2 is 1.95 bits per heavy atom. The van der Waals surface area contributed by atoms with E-state index in [4.69, 9.17) is 0 Å². The van der Waals surface area contributed by atoms with Crippen LogP contribution >= 0.6 is 0 Å². The molecule has 0 aliphatic heterocycles. The number of aliphatic imine (C=N–C) groups is 1. The average molecular weight is 333 g/mol. The highest BCUT2D eigenvalue weighted by Gasteiger charge is 2.34. The molecule has 1 saturated carbocycles. The monoisotopic (exact) mass is 332 g/mol. The van der Waals surface area contributed by atoms with Crippen LogP contribution in [0.1, 0.15) is 46.0 Å². The van der Waals surface area contributed by atoms with Gasteiger partial charge < -0.3 is 10.6 Å². The summed E-state index contributed by atoms with van der Waals surface area (Å²) < 4.78 is 24.7. The molecule has 1 aliphatic carbocycles.